The molecule has 2 unspecified atom stereocenters. The van der Waals surface area contributed by atoms with Crippen molar-refractivity contribution in [3.63, 3.8) is 0 Å². The first-order valence-corrected chi connectivity index (χ1v) is 7.70. The molecular formula is C10H22N2O4S. The van der Waals surface area contributed by atoms with Gasteiger partial charge in [-0.1, -0.05) is 6.92 Å². The number of aliphatic hydroxyl groups is 1. The van der Waals surface area contributed by atoms with Crippen molar-refractivity contribution in [3.05, 3.63) is 0 Å². The van der Waals surface area contributed by atoms with Crippen LogP contribution < -0.4 is 11.1 Å². The van der Waals surface area contributed by atoms with Crippen molar-refractivity contribution in [2.75, 3.05) is 18.6 Å². The number of aliphatic hydroxyl groups excluding tert-OH is 1. The third kappa shape index (κ3) is 8.12. The fourth-order valence-electron chi connectivity index (χ4n) is 1.31. The fourth-order valence-corrected chi connectivity index (χ4v) is 2.00. The van der Waals surface area contributed by atoms with Crippen LogP contribution in [0.3, 0.4) is 0 Å². The van der Waals surface area contributed by atoms with E-state index in [1.165, 1.54) is 0 Å². The first-order valence-electron chi connectivity index (χ1n) is 5.64. The Kier molecular flexibility index (Phi) is 7.33. The zero-order chi connectivity index (χ0) is 13.5. The molecule has 7 heteroatoms. The van der Waals surface area contributed by atoms with E-state index in [0.717, 1.165) is 6.26 Å². The molecule has 4 N–H and O–H groups in total. The van der Waals surface area contributed by atoms with E-state index in [1.54, 1.807) is 0 Å². The molecule has 6 nitrogen and oxygen atoms in total. The number of hydrogen-bond acceptors (Lipinski definition) is 5. The zero-order valence-corrected chi connectivity index (χ0v) is 11.2. The molecule has 0 aliphatic heterocycles. The normalized spacial score (nSPS) is 15.3. The third-order valence-electron chi connectivity index (χ3n) is 2.45. The van der Waals surface area contributed by atoms with Gasteiger partial charge in [-0.05, 0) is 19.3 Å². The minimum Gasteiger partial charge on any atom is -0.396 e. The Morgan fingerprint density at radius 2 is 2.00 bits per heavy atom. The summed E-state index contributed by atoms with van der Waals surface area (Å²) >= 11 is 0. The molecule has 0 aromatic rings. The molecule has 0 aromatic carbocycles. The lowest BCUT2D eigenvalue weighted by Gasteiger charge is -2.18. The van der Waals surface area contributed by atoms with Gasteiger partial charge in [0.2, 0.25) is 5.91 Å². The highest BCUT2D eigenvalue weighted by molar-refractivity contribution is 7.90. The molecule has 2 atom stereocenters. The molecule has 0 fully saturated rings. The number of amides is 1. The number of hydrogen-bond donors (Lipinski definition) is 3. The van der Waals surface area contributed by atoms with Gasteiger partial charge in [0.1, 0.15) is 9.84 Å². The SMILES string of the molecule is CCC(CCO)NC(=O)C(N)CCS(C)(=O)=O. The monoisotopic (exact) mass is 266 g/mol. The summed E-state index contributed by atoms with van der Waals surface area (Å²) < 4.78 is 21.8. The van der Waals surface area contributed by atoms with E-state index >= 15 is 0 Å². The van der Waals surface area contributed by atoms with E-state index in [1.807, 2.05) is 6.92 Å². The molecule has 0 bridgehead atoms. The second-order valence-electron chi connectivity index (χ2n) is 4.15. The summed E-state index contributed by atoms with van der Waals surface area (Å²) in [6.45, 7) is 1.89. The molecule has 102 valence electrons. The van der Waals surface area contributed by atoms with Gasteiger partial charge < -0.3 is 16.2 Å². The Morgan fingerprint density at radius 1 is 1.41 bits per heavy atom. The summed E-state index contributed by atoms with van der Waals surface area (Å²) in [5.74, 6) is -0.466. The second kappa shape index (κ2) is 7.62. The molecule has 17 heavy (non-hydrogen) atoms. The number of carbonyl (C=O) groups excluding carboxylic acids is 1. The molecule has 0 heterocycles. The number of sulfone groups is 1. The Bertz CT molecular complexity index is 329. The molecule has 0 saturated heterocycles. The number of carbonyl (C=O) groups is 1. The lowest BCUT2D eigenvalue weighted by Crippen LogP contribution is -2.46. The summed E-state index contributed by atoms with van der Waals surface area (Å²) in [5.41, 5.74) is 5.58. The largest absolute Gasteiger partial charge is 0.396 e. The minimum atomic E-state index is -3.10. The van der Waals surface area contributed by atoms with Crippen LogP contribution in [-0.4, -0.2) is 50.1 Å². The molecule has 1 amide bonds. The van der Waals surface area contributed by atoms with E-state index < -0.39 is 15.9 Å². The first kappa shape index (κ1) is 16.3. The van der Waals surface area contributed by atoms with Gasteiger partial charge in [-0.15, -0.1) is 0 Å². The van der Waals surface area contributed by atoms with Crippen molar-refractivity contribution in [2.45, 2.75) is 38.3 Å². The third-order valence-corrected chi connectivity index (χ3v) is 3.43. The predicted octanol–water partition coefficient (Wildman–Crippen LogP) is -0.974. The molecule has 0 aliphatic carbocycles. The Hall–Kier alpha value is -0.660. The van der Waals surface area contributed by atoms with Crippen molar-refractivity contribution < 1.29 is 18.3 Å². The van der Waals surface area contributed by atoms with Crippen LogP contribution in [0.4, 0.5) is 0 Å². The van der Waals surface area contributed by atoms with Gasteiger partial charge in [0.05, 0.1) is 11.8 Å². The average molecular weight is 266 g/mol. The van der Waals surface area contributed by atoms with Gasteiger partial charge in [-0.25, -0.2) is 8.42 Å². The van der Waals surface area contributed by atoms with E-state index in [0.29, 0.717) is 12.8 Å². The van der Waals surface area contributed by atoms with E-state index in [4.69, 9.17) is 10.8 Å². The summed E-state index contributed by atoms with van der Waals surface area (Å²) in [6, 6.07) is -0.936. The molecule has 0 radical (unpaired) electrons. The van der Waals surface area contributed by atoms with E-state index in [2.05, 4.69) is 5.32 Å². The van der Waals surface area contributed by atoms with Crippen LogP contribution in [0, 0.1) is 0 Å². The molecule has 0 spiro atoms. The minimum absolute atomic E-state index is 0.00262. The van der Waals surface area contributed by atoms with Crippen molar-refractivity contribution in [1.82, 2.24) is 5.32 Å². The highest BCUT2D eigenvalue weighted by Gasteiger charge is 2.18. The standard InChI is InChI=1S/C10H22N2O4S/c1-3-8(4-6-13)12-10(14)9(11)5-7-17(2,15)16/h8-9,13H,3-7,11H2,1-2H3,(H,12,14). The molecule has 0 saturated carbocycles. The Balaban J connectivity index is 4.12. The summed E-state index contributed by atoms with van der Waals surface area (Å²) in [7, 11) is -3.10. The fraction of sp³-hybridized carbons (Fsp3) is 0.900. The van der Waals surface area contributed by atoms with Crippen LogP contribution in [-0.2, 0) is 14.6 Å². The number of rotatable bonds is 8. The van der Waals surface area contributed by atoms with Gasteiger partial charge in [-0.2, -0.15) is 0 Å². The van der Waals surface area contributed by atoms with Gasteiger partial charge >= 0.3 is 0 Å². The zero-order valence-electron chi connectivity index (χ0n) is 10.3. The van der Waals surface area contributed by atoms with Crippen molar-refractivity contribution in [1.29, 1.82) is 0 Å². The summed E-state index contributed by atoms with van der Waals surface area (Å²) in [6.07, 6.45) is 2.39. The molecule has 0 aromatic heterocycles. The maximum absolute atomic E-state index is 11.6. The van der Waals surface area contributed by atoms with Crippen LogP contribution in [0.15, 0.2) is 0 Å². The lowest BCUT2D eigenvalue weighted by molar-refractivity contribution is -0.123. The highest BCUT2D eigenvalue weighted by atomic mass is 32.2. The quantitative estimate of drug-likeness (QED) is 0.523. The lowest BCUT2D eigenvalue weighted by atomic mass is 10.1. The van der Waals surface area contributed by atoms with E-state index in [9.17, 15) is 13.2 Å². The maximum Gasteiger partial charge on any atom is 0.237 e. The van der Waals surface area contributed by atoms with Crippen LogP contribution in [0.5, 0.6) is 0 Å². The van der Waals surface area contributed by atoms with Crippen LogP contribution in [0.2, 0.25) is 0 Å². The average Bonchev–Trinajstić information content (AvgIpc) is 2.23. The van der Waals surface area contributed by atoms with Gasteiger partial charge in [-0.3, -0.25) is 4.79 Å². The molecule has 0 rings (SSSR count). The Morgan fingerprint density at radius 3 is 2.41 bits per heavy atom. The summed E-state index contributed by atoms with van der Waals surface area (Å²) in [5, 5.41) is 11.5. The van der Waals surface area contributed by atoms with Crippen molar-refractivity contribution >= 4 is 15.7 Å². The second-order valence-corrected chi connectivity index (χ2v) is 6.41. The molecular weight excluding hydrogens is 244 g/mol. The topological polar surface area (TPSA) is 109 Å². The predicted molar refractivity (Wildman–Crippen MR) is 66.2 cm³/mol. The van der Waals surface area contributed by atoms with Gasteiger partial charge in [0, 0.05) is 18.9 Å². The highest BCUT2D eigenvalue weighted by Crippen LogP contribution is 1.99. The maximum atomic E-state index is 11.6. The summed E-state index contributed by atoms with van der Waals surface area (Å²) in [4.78, 5) is 11.6. The molecule has 0 aliphatic rings. The van der Waals surface area contributed by atoms with Crippen molar-refractivity contribution in [3.8, 4) is 0 Å². The Labute approximate surface area is 102 Å². The van der Waals surface area contributed by atoms with Crippen LogP contribution in [0.1, 0.15) is 26.2 Å². The van der Waals surface area contributed by atoms with Gasteiger partial charge in [0.25, 0.3) is 0 Å². The van der Waals surface area contributed by atoms with Crippen LogP contribution in [0.25, 0.3) is 0 Å². The smallest absolute Gasteiger partial charge is 0.237 e. The van der Waals surface area contributed by atoms with Crippen LogP contribution >= 0.6 is 0 Å². The van der Waals surface area contributed by atoms with E-state index in [-0.39, 0.29) is 30.7 Å². The van der Waals surface area contributed by atoms with Gasteiger partial charge in [0.15, 0.2) is 0 Å². The first-order chi connectivity index (χ1) is 7.80. The van der Waals surface area contributed by atoms with Crippen molar-refractivity contribution in [2.24, 2.45) is 5.73 Å². The number of nitrogens with two attached hydrogens (primary N) is 1. The number of nitrogens with one attached hydrogen (secondary N) is 1.